The van der Waals surface area contributed by atoms with Gasteiger partial charge in [-0.2, -0.15) is 0 Å². The summed E-state index contributed by atoms with van der Waals surface area (Å²) < 4.78 is 27.9. The highest BCUT2D eigenvalue weighted by Gasteiger charge is 2.37. The first-order valence-corrected chi connectivity index (χ1v) is 28.5. The Morgan fingerprint density at radius 3 is 1.98 bits per heavy atom. The molecule has 0 aromatic heterocycles. The molecule has 1 heterocycles. The van der Waals surface area contributed by atoms with Gasteiger partial charge in [-0.1, -0.05) is 75.2 Å². The van der Waals surface area contributed by atoms with Gasteiger partial charge in [-0.25, -0.2) is 9.59 Å². The molecule has 1 aliphatic rings. The Bertz CT molecular complexity index is 2870. The van der Waals surface area contributed by atoms with E-state index in [4.69, 9.17) is 23.7 Å². The first kappa shape index (κ1) is 65.8. The van der Waals surface area contributed by atoms with Crippen LogP contribution in [0.25, 0.3) is 22.3 Å². The number of rotatable bonds is 25. The number of amides is 7. The Labute approximate surface area is 488 Å². The lowest BCUT2D eigenvalue weighted by molar-refractivity contribution is -0.145. The summed E-state index contributed by atoms with van der Waals surface area (Å²) >= 11 is 0. The number of nitrogens with zero attached hydrogens (tertiary/aromatic N) is 2. The van der Waals surface area contributed by atoms with E-state index >= 15 is 4.79 Å². The molecule has 4 aromatic rings. The van der Waals surface area contributed by atoms with Crippen LogP contribution in [0.5, 0.6) is 11.5 Å². The number of benzene rings is 4. The quantitative estimate of drug-likeness (QED) is 0.0325. The number of methoxy groups -OCH3 is 3. The molecule has 0 spiro atoms. The first-order chi connectivity index (χ1) is 39.5. The van der Waals surface area contributed by atoms with Crippen molar-refractivity contribution in [2.45, 2.75) is 148 Å². The van der Waals surface area contributed by atoms with Crippen LogP contribution in [0.3, 0.4) is 0 Å². The molecule has 5 rings (SSSR count). The van der Waals surface area contributed by atoms with E-state index in [1.165, 1.54) is 59.7 Å². The zero-order valence-electron chi connectivity index (χ0n) is 50.2. The Balaban J connectivity index is 1.45. The minimum atomic E-state index is -1.46. The van der Waals surface area contributed by atoms with Crippen molar-refractivity contribution in [3.8, 4) is 33.8 Å². The maximum absolute atomic E-state index is 15.2. The van der Waals surface area contributed by atoms with Crippen molar-refractivity contribution in [1.29, 1.82) is 0 Å². The molecule has 6 atom stereocenters. The Morgan fingerprint density at radius 2 is 1.36 bits per heavy atom. The Kier molecular flexibility index (Phi) is 24.9. The Hall–Kier alpha value is -8.00. The summed E-state index contributed by atoms with van der Waals surface area (Å²) in [6.07, 6.45) is 4.77. The van der Waals surface area contributed by atoms with Crippen LogP contribution >= 0.6 is 0 Å². The van der Waals surface area contributed by atoms with E-state index in [-0.39, 0.29) is 32.4 Å². The SMILES string of the molecule is CCCCOC[C@H](C(=O)N[C@H](C)C(=O)N[C@@H](CCCCNC(=O)OC(C)(C)C)C(=O)N(C)[C@@H]1C(=O)N[C@@H](C)C(=O)N[C@H](C(=O)OC)Cc2ccc(OC)c(c2)-c2cc1ccc2OC)N(C)C(=O)c1ccc(-c2ccc(CCCC)cc2)cc1. The van der Waals surface area contributed by atoms with Gasteiger partial charge in [0.05, 0.1) is 27.9 Å². The minimum absolute atomic E-state index is 0.000310. The summed E-state index contributed by atoms with van der Waals surface area (Å²) in [6, 6.07) is 18.0. The molecule has 1 aliphatic heterocycles. The molecule has 0 saturated carbocycles. The van der Waals surface area contributed by atoms with Crippen LogP contribution in [0.1, 0.15) is 127 Å². The number of alkyl carbamates (subject to hydrolysis) is 1. The summed E-state index contributed by atoms with van der Waals surface area (Å²) in [5, 5.41) is 13.7. The predicted molar refractivity (Wildman–Crippen MR) is 315 cm³/mol. The highest BCUT2D eigenvalue weighted by molar-refractivity contribution is 6.00. The molecule has 83 heavy (non-hydrogen) atoms. The van der Waals surface area contributed by atoms with Crippen LogP contribution < -0.4 is 36.1 Å². The van der Waals surface area contributed by atoms with Gasteiger partial charge in [0, 0.05) is 50.4 Å². The van der Waals surface area contributed by atoms with Gasteiger partial charge in [0.1, 0.15) is 53.4 Å². The molecule has 20 nitrogen and oxygen atoms in total. The average molecular weight is 1150 g/mol. The van der Waals surface area contributed by atoms with Gasteiger partial charge in [-0.3, -0.25) is 28.8 Å². The van der Waals surface area contributed by atoms with Crippen molar-refractivity contribution in [3.05, 3.63) is 107 Å². The van der Waals surface area contributed by atoms with E-state index < -0.39 is 89.4 Å². The third-order valence-electron chi connectivity index (χ3n) is 14.3. The number of likely N-dealkylation sites (N-methyl/N-ethyl adjacent to an activating group) is 2. The van der Waals surface area contributed by atoms with E-state index in [0.717, 1.165) is 41.7 Å². The summed E-state index contributed by atoms with van der Waals surface area (Å²) in [5.41, 5.74) is 4.68. The van der Waals surface area contributed by atoms with Gasteiger partial charge in [0.15, 0.2) is 0 Å². The first-order valence-electron chi connectivity index (χ1n) is 28.5. The monoisotopic (exact) mass is 1150 g/mol. The highest BCUT2D eigenvalue weighted by Crippen LogP contribution is 2.40. The standard InChI is InChI=1S/C63H85N7O13/c1-13-15-19-41-21-24-43(25-22-41)44-26-28-45(29-27-44)59(75)69(8)51(38-82-34-16-14-2)57(73)65-39(3)55(71)67-49(20-17-18-33-64-62(78)83-63(5,6)7)60(76)70(9)54-46-30-32-53(80-11)48(37-46)47-35-42(23-31-52(47)79-10)36-50(61(77)81-12)68-56(72)40(4)66-58(54)74/h21-32,35,37,39-40,49-51,54H,13-20,33-34,36,38H2,1-12H3,(H,64,78)(H,65,73)(H,66,74)(H,67,71)(H,68,72)/t39-,40+,49+,50+,51-,54+/m1/s1. The van der Waals surface area contributed by atoms with Crippen molar-refractivity contribution >= 4 is 47.5 Å². The number of carbonyl (C=O) groups excluding carboxylic acids is 8. The fraction of sp³-hybridized carbons (Fsp3) is 0.492. The number of ether oxygens (including phenoxy) is 5. The maximum atomic E-state index is 15.2. The average Bonchev–Trinajstić information content (AvgIpc) is 3.29. The second kappa shape index (κ2) is 31.4. The molecule has 0 saturated heterocycles. The smallest absolute Gasteiger partial charge is 0.407 e. The lowest BCUT2D eigenvalue weighted by Crippen LogP contribution is -2.58. The summed E-state index contributed by atoms with van der Waals surface area (Å²) in [6.45, 7) is 12.6. The van der Waals surface area contributed by atoms with Crippen LogP contribution in [0.4, 0.5) is 4.79 Å². The van der Waals surface area contributed by atoms with Crippen molar-refractivity contribution in [2.24, 2.45) is 0 Å². The normalized spacial score (nSPS) is 16.3. The number of fused-ring (bicyclic) bond motifs is 5. The fourth-order valence-corrected chi connectivity index (χ4v) is 9.46. The molecular formula is C63H85N7O13. The van der Waals surface area contributed by atoms with Gasteiger partial charge in [0.2, 0.25) is 29.5 Å². The molecule has 4 bridgehead atoms. The molecule has 4 aromatic carbocycles. The van der Waals surface area contributed by atoms with Crippen molar-refractivity contribution in [2.75, 3.05) is 55.2 Å². The summed E-state index contributed by atoms with van der Waals surface area (Å²) in [4.78, 5) is 115. The van der Waals surface area contributed by atoms with Gasteiger partial charge >= 0.3 is 12.1 Å². The van der Waals surface area contributed by atoms with Crippen LogP contribution in [0.2, 0.25) is 0 Å². The van der Waals surface area contributed by atoms with Crippen LogP contribution in [-0.4, -0.2) is 148 Å². The molecule has 450 valence electrons. The number of carbonyl (C=O) groups is 8. The lowest BCUT2D eigenvalue weighted by atomic mass is 9.93. The number of nitrogens with one attached hydrogen (secondary N) is 5. The van der Waals surface area contributed by atoms with Gasteiger partial charge in [-0.15, -0.1) is 0 Å². The fourth-order valence-electron chi connectivity index (χ4n) is 9.46. The summed E-state index contributed by atoms with van der Waals surface area (Å²) in [7, 11) is 7.05. The van der Waals surface area contributed by atoms with E-state index in [2.05, 4.69) is 57.8 Å². The van der Waals surface area contributed by atoms with E-state index in [0.29, 0.717) is 58.8 Å². The van der Waals surface area contributed by atoms with Crippen LogP contribution in [0.15, 0.2) is 84.9 Å². The lowest BCUT2D eigenvalue weighted by Gasteiger charge is -2.33. The number of hydrogen-bond donors (Lipinski definition) is 5. The molecule has 7 amide bonds. The molecule has 5 N–H and O–H groups in total. The second-order valence-corrected chi connectivity index (χ2v) is 21.8. The molecular weight excluding hydrogens is 1060 g/mol. The number of hydrogen-bond acceptors (Lipinski definition) is 13. The number of unbranched alkanes of at least 4 members (excludes halogenated alkanes) is 3. The molecule has 0 fully saturated rings. The summed E-state index contributed by atoms with van der Waals surface area (Å²) in [5.74, 6) is -4.02. The number of esters is 1. The minimum Gasteiger partial charge on any atom is -0.496 e. The van der Waals surface area contributed by atoms with E-state index in [1.54, 1.807) is 69.3 Å². The van der Waals surface area contributed by atoms with Crippen molar-refractivity contribution in [1.82, 2.24) is 36.4 Å². The predicted octanol–water partition coefficient (Wildman–Crippen LogP) is 7.24. The molecule has 0 aliphatic carbocycles. The third-order valence-corrected chi connectivity index (χ3v) is 14.3. The van der Waals surface area contributed by atoms with Gasteiger partial charge in [-0.05, 0) is 137 Å². The third kappa shape index (κ3) is 18.8. The van der Waals surface area contributed by atoms with Crippen molar-refractivity contribution < 1.29 is 62.0 Å². The van der Waals surface area contributed by atoms with Gasteiger partial charge < -0.3 is 60.1 Å². The molecule has 0 radical (unpaired) electrons. The highest BCUT2D eigenvalue weighted by atomic mass is 16.6. The van der Waals surface area contributed by atoms with Crippen LogP contribution in [-0.2, 0) is 55.8 Å². The molecule has 0 unspecified atom stereocenters. The van der Waals surface area contributed by atoms with Crippen LogP contribution in [0, 0.1) is 0 Å². The Morgan fingerprint density at radius 1 is 0.735 bits per heavy atom. The van der Waals surface area contributed by atoms with E-state index in [1.807, 2.05) is 19.1 Å². The molecule has 20 heteroatoms. The van der Waals surface area contributed by atoms with Gasteiger partial charge in [0.25, 0.3) is 5.91 Å². The van der Waals surface area contributed by atoms with E-state index in [9.17, 15) is 33.6 Å². The zero-order valence-corrected chi connectivity index (χ0v) is 50.2. The number of aryl methyl sites for hydroxylation is 1. The van der Waals surface area contributed by atoms with Crippen molar-refractivity contribution in [3.63, 3.8) is 0 Å². The maximum Gasteiger partial charge on any atom is 0.407 e. The zero-order chi connectivity index (χ0) is 61.0. The second-order valence-electron chi connectivity index (χ2n) is 21.8. The topological polar surface area (TPSA) is 249 Å². The largest absolute Gasteiger partial charge is 0.496 e.